The Labute approximate surface area is 107 Å². The molecule has 1 aliphatic rings. The van der Waals surface area contributed by atoms with Crippen molar-refractivity contribution >= 4 is 0 Å². The third kappa shape index (κ3) is 2.44. The molecule has 2 rings (SSSR count). The number of nitriles is 1. The number of aliphatic hydroxyl groups is 2. The molecule has 0 saturated carbocycles. The fourth-order valence-corrected chi connectivity index (χ4v) is 2.19. The summed E-state index contributed by atoms with van der Waals surface area (Å²) in [7, 11) is 0. The van der Waals surface area contributed by atoms with E-state index in [-0.39, 0.29) is 13.0 Å². The summed E-state index contributed by atoms with van der Waals surface area (Å²) in [6.45, 7) is -0.363. The third-order valence-electron chi connectivity index (χ3n) is 3.15. The van der Waals surface area contributed by atoms with Crippen molar-refractivity contribution in [2.24, 2.45) is 5.92 Å². The summed E-state index contributed by atoms with van der Waals surface area (Å²) < 4.78 is 6.42. The first kappa shape index (κ1) is 13.5. The Hall–Kier alpha value is -1.95. The molecular formula is C11H13N3O5. The lowest BCUT2D eigenvalue weighted by Gasteiger charge is -2.17. The number of ether oxygens (including phenoxy) is 1. The SMILES string of the molecule is N#CC[C@@H]1[C@@H](CO)OC(n2ccc(=O)[nH]c2=O)[C@@H]1O. The predicted octanol–water partition coefficient (Wildman–Crippen LogP) is -1.68. The summed E-state index contributed by atoms with van der Waals surface area (Å²) in [5.74, 6) is -0.584. The van der Waals surface area contributed by atoms with Crippen molar-refractivity contribution in [1.29, 1.82) is 5.26 Å². The van der Waals surface area contributed by atoms with E-state index in [1.165, 1.54) is 6.20 Å². The van der Waals surface area contributed by atoms with Crippen LogP contribution in [-0.2, 0) is 4.74 Å². The topological polar surface area (TPSA) is 128 Å². The van der Waals surface area contributed by atoms with Crippen LogP contribution in [0.2, 0.25) is 0 Å². The first-order valence-electron chi connectivity index (χ1n) is 5.71. The van der Waals surface area contributed by atoms with Crippen molar-refractivity contribution in [2.45, 2.75) is 24.9 Å². The lowest BCUT2D eigenvalue weighted by Crippen LogP contribution is -2.36. The molecule has 8 nitrogen and oxygen atoms in total. The molecule has 19 heavy (non-hydrogen) atoms. The maximum absolute atomic E-state index is 11.6. The van der Waals surface area contributed by atoms with Gasteiger partial charge in [0.2, 0.25) is 0 Å². The second-order valence-corrected chi connectivity index (χ2v) is 4.28. The van der Waals surface area contributed by atoms with Gasteiger partial charge in [-0.05, 0) is 0 Å². The summed E-state index contributed by atoms with van der Waals surface area (Å²) in [6.07, 6.45) is -1.65. The van der Waals surface area contributed by atoms with Gasteiger partial charge < -0.3 is 14.9 Å². The first-order valence-corrected chi connectivity index (χ1v) is 5.71. The number of hydrogen-bond donors (Lipinski definition) is 3. The van der Waals surface area contributed by atoms with Crippen LogP contribution in [0.15, 0.2) is 21.9 Å². The fraction of sp³-hybridized carbons (Fsp3) is 0.545. The zero-order valence-electron chi connectivity index (χ0n) is 9.89. The molecule has 1 aliphatic heterocycles. The van der Waals surface area contributed by atoms with Gasteiger partial charge in [0, 0.05) is 24.6 Å². The summed E-state index contributed by atoms with van der Waals surface area (Å²) in [5.41, 5.74) is -1.27. The van der Waals surface area contributed by atoms with Crippen LogP contribution in [0.25, 0.3) is 0 Å². The molecule has 0 bridgehead atoms. The zero-order valence-corrected chi connectivity index (χ0v) is 9.89. The Morgan fingerprint density at radius 2 is 2.26 bits per heavy atom. The van der Waals surface area contributed by atoms with E-state index in [4.69, 9.17) is 15.1 Å². The van der Waals surface area contributed by atoms with Crippen LogP contribution in [0.3, 0.4) is 0 Å². The lowest BCUT2D eigenvalue weighted by atomic mass is 9.95. The number of aliphatic hydroxyl groups excluding tert-OH is 2. The molecule has 8 heteroatoms. The van der Waals surface area contributed by atoms with Crippen molar-refractivity contribution in [3.63, 3.8) is 0 Å². The number of aromatic amines is 1. The van der Waals surface area contributed by atoms with E-state index in [1.54, 1.807) is 0 Å². The number of rotatable bonds is 3. The van der Waals surface area contributed by atoms with Gasteiger partial charge in [-0.3, -0.25) is 14.3 Å². The quantitative estimate of drug-likeness (QED) is 0.600. The minimum absolute atomic E-state index is 0.000989. The van der Waals surface area contributed by atoms with E-state index in [1.807, 2.05) is 11.1 Å². The molecule has 1 aromatic rings. The summed E-state index contributed by atoms with van der Waals surface area (Å²) in [5, 5.41) is 27.9. The molecule has 0 amide bonds. The predicted molar refractivity (Wildman–Crippen MR) is 62.0 cm³/mol. The summed E-state index contributed by atoms with van der Waals surface area (Å²) in [4.78, 5) is 24.6. The number of nitrogens with one attached hydrogen (secondary N) is 1. The van der Waals surface area contributed by atoms with Gasteiger partial charge in [0.05, 0.1) is 18.8 Å². The molecule has 1 aromatic heterocycles. The van der Waals surface area contributed by atoms with Gasteiger partial charge in [-0.1, -0.05) is 0 Å². The fourth-order valence-electron chi connectivity index (χ4n) is 2.19. The van der Waals surface area contributed by atoms with Crippen LogP contribution < -0.4 is 11.2 Å². The van der Waals surface area contributed by atoms with E-state index in [2.05, 4.69) is 0 Å². The summed E-state index contributed by atoms with van der Waals surface area (Å²) >= 11 is 0. The van der Waals surface area contributed by atoms with Crippen molar-refractivity contribution in [2.75, 3.05) is 6.61 Å². The van der Waals surface area contributed by atoms with E-state index in [9.17, 15) is 14.7 Å². The molecule has 1 fully saturated rings. The molecule has 0 radical (unpaired) electrons. The van der Waals surface area contributed by atoms with Gasteiger partial charge in [0.1, 0.15) is 6.10 Å². The number of nitrogens with zero attached hydrogens (tertiary/aromatic N) is 2. The van der Waals surface area contributed by atoms with Gasteiger partial charge in [-0.15, -0.1) is 0 Å². The standard InChI is InChI=1S/C11H13N3O5/c12-3-1-6-7(5-15)19-10(9(6)17)14-4-2-8(16)13-11(14)18/h2,4,6-7,9-10,15,17H,1,5H2,(H,13,16,18)/t6-,7-,9-,10?/m1/s1. The van der Waals surface area contributed by atoms with E-state index in [0.717, 1.165) is 10.6 Å². The largest absolute Gasteiger partial charge is 0.394 e. The van der Waals surface area contributed by atoms with Crippen LogP contribution in [0.1, 0.15) is 12.6 Å². The Morgan fingerprint density at radius 3 is 2.84 bits per heavy atom. The highest BCUT2D eigenvalue weighted by atomic mass is 16.5. The maximum Gasteiger partial charge on any atom is 0.330 e. The third-order valence-corrected chi connectivity index (χ3v) is 3.15. The Bertz CT molecular complexity index is 601. The average Bonchev–Trinajstić information content (AvgIpc) is 2.68. The monoisotopic (exact) mass is 267 g/mol. The number of H-pyrrole nitrogens is 1. The van der Waals surface area contributed by atoms with Crippen molar-refractivity contribution in [1.82, 2.24) is 9.55 Å². The second kappa shape index (κ2) is 5.36. The molecule has 3 N–H and O–H groups in total. The van der Waals surface area contributed by atoms with Gasteiger partial charge in [0.25, 0.3) is 5.56 Å². The van der Waals surface area contributed by atoms with Crippen LogP contribution in [-0.4, -0.2) is 38.6 Å². The first-order chi connectivity index (χ1) is 9.08. The van der Waals surface area contributed by atoms with Crippen molar-refractivity contribution in [3.8, 4) is 6.07 Å². The molecular weight excluding hydrogens is 254 g/mol. The number of hydrogen-bond acceptors (Lipinski definition) is 6. The Morgan fingerprint density at radius 1 is 1.53 bits per heavy atom. The molecule has 1 unspecified atom stereocenters. The van der Waals surface area contributed by atoms with Gasteiger partial charge >= 0.3 is 5.69 Å². The molecule has 4 atom stereocenters. The molecule has 0 aromatic carbocycles. The molecule has 2 heterocycles. The van der Waals surface area contributed by atoms with Crippen LogP contribution in [0, 0.1) is 17.2 Å². The zero-order chi connectivity index (χ0) is 14.0. The van der Waals surface area contributed by atoms with Gasteiger partial charge in [0.15, 0.2) is 6.23 Å². The van der Waals surface area contributed by atoms with E-state index < -0.39 is 35.6 Å². The van der Waals surface area contributed by atoms with E-state index >= 15 is 0 Å². The van der Waals surface area contributed by atoms with Gasteiger partial charge in [-0.2, -0.15) is 5.26 Å². The normalized spacial score (nSPS) is 30.2. The molecule has 102 valence electrons. The second-order valence-electron chi connectivity index (χ2n) is 4.28. The minimum Gasteiger partial charge on any atom is -0.394 e. The number of aromatic nitrogens is 2. The Balaban J connectivity index is 2.34. The minimum atomic E-state index is -1.11. The highest BCUT2D eigenvalue weighted by Gasteiger charge is 2.44. The highest BCUT2D eigenvalue weighted by molar-refractivity contribution is 4.95. The molecule has 0 aliphatic carbocycles. The van der Waals surface area contributed by atoms with Crippen LogP contribution >= 0.6 is 0 Å². The maximum atomic E-state index is 11.6. The Kier molecular flexibility index (Phi) is 3.80. The highest BCUT2D eigenvalue weighted by Crippen LogP contribution is 2.34. The van der Waals surface area contributed by atoms with Gasteiger partial charge in [-0.25, -0.2) is 4.79 Å². The molecule has 1 saturated heterocycles. The smallest absolute Gasteiger partial charge is 0.330 e. The van der Waals surface area contributed by atoms with Crippen molar-refractivity contribution < 1.29 is 14.9 Å². The summed E-state index contributed by atoms with van der Waals surface area (Å²) in [6, 6.07) is 3.03. The van der Waals surface area contributed by atoms with Crippen LogP contribution in [0.5, 0.6) is 0 Å². The average molecular weight is 267 g/mol. The lowest BCUT2D eigenvalue weighted by molar-refractivity contribution is -0.0535. The van der Waals surface area contributed by atoms with Crippen LogP contribution in [0.4, 0.5) is 0 Å². The van der Waals surface area contributed by atoms with E-state index in [0.29, 0.717) is 0 Å². The molecule has 0 spiro atoms. The van der Waals surface area contributed by atoms with Crippen molar-refractivity contribution in [3.05, 3.63) is 33.1 Å².